The van der Waals surface area contributed by atoms with Gasteiger partial charge < -0.3 is 10.6 Å². The molecule has 4 aromatic rings. The number of benzene rings is 1. The molecule has 2 N–H and O–H groups in total. The number of pyridine rings is 2. The number of carbonyl (C=O) groups excluding carboxylic acids is 2. The molecule has 1 aromatic carbocycles. The quantitative estimate of drug-likeness (QED) is 0.386. The minimum Gasteiger partial charge on any atom is -0.354 e. The van der Waals surface area contributed by atoms with E-state index in [2.05, 4.69) is 30.6 Å². The summed E-state index contributed by atoms with van der Waals surface area (Å²) in [5.41, 5.74) is 3.48. The minimum absolute atomic E-state index is 0.185. The zero-order valence-corrected chi connectivity index (χ0v) is 21.3. The second kappa shape index (κ2) is 10.2. The third-order valence-electron chi connectivity index (χ3n) is 5.76. The van der Waals surface area contributed by atoms with Gasteiger partial charge in [0.05, 0.1) is 17.1 Å². The predicted molar refractivity (Wildman–Crippen MR) is 140 cm³/mol. The van der Waals surface area contributed by atoms with Gasteiger partial charge in [0.1, 0.15) is 17.2 Å². The topological polar surface area (TPSA) is 110 Å². The molecule has 0 unspecified atom stereocenters. The fraction of sp³-hybridized carbons (Fsp3) is 0.214. The molecular formula is C28H27FN6O2. The third-order valence-corrected chi connectivity index (χ3v) is 5.76. The maximum Gasteiger partial charge on any atom is 0.269 e. The Morgan fingerprint density at radius 3 is 2.32 bits per heavy atom. The van der Waals surface area contributed by atoms with Gasteiger partial charge in [0.2, 0.25) is 0 Å². The van der Waals surface area contributed by atoms with Gasteiger partial charge in [-0.1, -0.05) is 6.07 Å². The zero-order chi connectivity index (χ0) is 26.7. The van der Waals surface area contributed by atoms with Gasteiger partial charge in [-0.05, 0) is 75.7 Å². The van der Waals surface area contributed by atoms with Crippen molar-refractivity contribution in [1.82, 2.24) is 25.3 Å². The molecule has 0 aliphatic heterocycles. The van der Waals surface area contributed by atoms with Crippen LogP contribution in [0.4, 0.5) is 10.1 Å². The molecule has 0 saturated heterocycles. The maximum absolute atomic E-state index is 14.3. The van der Waals surface area contributed by atoms with Gasteiger partial charge in [-0.3, -0.25) is 19.6 Å². The lowest BCUT2D eigenvalue weighted by atomic mass is 10.0. The van der Waals surface area contributed by atoms with E-state index in [4.69, 9.17) is 0 Å². The molecule has 37 heavy (non-hydrogen) atoms. The van der Waals surface area contributed by atoms with Crippen LogP contribution in [0.25, 0.3) is 22.5 Å². The van der Waals surface area contributed by atoms with E-state index in [1.165, 1.54) is 26.1 Å². The first kappa shape index (κ1) is 25.6. The summed E-state index contributed by atoms with van der Waals surface area (Å²) in [6.07, 6.45) is 2.99. The molecule has 8 nitrogen and oxygen atoms in total. The number of nitrogens with one attached hydrogen (secondary N) is 2. The summed E-state index contributed by atoms with van der Waals surface area (Å²) in [6.45, 7) is 6.54. The highest BCUT2D eigenvalue weighted by atomic mass is 19.1. The number of halogens is 1. The largest absolute Gasteiger partial charge is 0.354 e. The Balaban J connectivity index is 1.67. The number of carbonyl (C=O) groups is 2. The Morgan fingerprint density at radius 1 is 0.865 bits per heavy atom. The van der Waals surface area contributed by atoms with Crippen LogP contribution < -0.4 is 10.6 Å². The van der Waals surface area contributed by atoms with E-state index < -0.39 is 5.67 Å². The number of hydrogen-bond donors (Lipinski definition) is 2. The number of amides is 2. The highest BCUT2D eigenvalue weighted by Gasteiger charge is 2.22. The number of aromatic nitrogens is 4. The lowest BCUT2D eigenvalue weighted by Gasteiger charge is -2.15. The molecule has 0 saturated carbocycles. The summed E-state index contributed by atoms with van der Waals surface area (Å²) in [4.78, 5) is 42.2. The highest BCUT2D eigenvalue weighted by Crippen LogP contribution is 2.29. The number of aryl methyl sites for hydroxylation is 2. The molecular weight excluding hydrogens is 471 g/mol. The van der Waals surface area contributed by atoms with Crippen molar-refractivity contribution in [2.24, 2.45) is 0 Å². The van der Waals surface area contributed by atoms with Gasteiger partial charge in [-0.2, -0.15) is 0 Å². The Kier molecular flexibility index (Phi) is 7.06. The van der Waals surface area contributed by atoms with Crippen LogP contribution in [0, 0.1) is 13.8 Å². The number of alkyl halides is 1. The molecule has 0 bridgehead atoms. The third kappa shape index (κ3) is 5.83. The van der Waals surface area contributed by atoms with Crippen molar-refractivity contribution in [2.45, 2.75) is 33.4 Å². The molecule has 0 spiro atoms. The summed E-state index contributed by atoms with van der Waals surface area (Å²) in [5.74, 6) is -0.109. The van der Waals surface area contributed by atoms with Crippen molar-refractivity contribution in [3.63, 3.8) is 0 Å². The predicted octanol–water partition coefficient (Wildman–Crippen LogP) is 5.03. The first-order valence-electron chi connectivity index (χ1n) is 11.7. The highest BCUT2D eigenvalue weighted by molar-refractivity contribution is 6.04. The van der Waals surface area contributed by atoms with Crippen LogP contribution in [0.5, 0.6) is 0 Å². The summed E-state index contributed by atoms with van der Waals surface area (Å²) in [6, 6.07) is 13.8. The van der Waals surface area contributed by atoms with Crippen LogP contribution in [0.2, 0.25) is 0 Å². The molecule has 3 heterocycles. The van der Waals surface area contributed by atoms with E-state index in [9.17, 15) is 14.0 Å². The number of anilines is 1. The normalized spacial score (nSPS) is 11.2. The number of hydrogen-bond acceptors (Lipinski definition) is 6. The smallest absolute Gasteiger partial charge is 0.269 e. The molecule has 188 valence electrons. The standard InChI is InChI=1S/C28H27FN6O2/c1-16-6-7-20(35-26(36)19-9-11-32-25(13-19)28(3,4)29)14-21(16)23-15-22(33-17(2)34-23)18-8-10-31-24(12-18)27(37)30-5/h6-15H,1-5H3,(H,30,37)(H,35,36). The van der Waals surface area contributed by atoms with E-state index in [1.807, 2.05) is 25.1 Å². The first-order valence-corrected chi connectivity index (χ1v) is 11.7. The van der Waals surface area contributed by atoms with Crippen LogP contribution >= 0.6 is 0 Å². The van der Waals surface area contributed by atoms with E-state index in [0.29, 0.717) is 28.5 Å². The Hall–Kier alpha value is -4.53. The summed E-state index contributed by atoms with van der Waals surface area (Å²) >= 11 is 0. The molecule has 0 aliphatic carbocycles. The molecule has 3 aromatic heterocycles. The van der Waals surface area contributed by atoms with Crippen molar-refractivity contribution in [3.05, 3.63) is 89.3 Å². The van der Waals surface area contributed by atoms with Gasteiger partial charge in [-0.15, -0.1) is 0 Å². The van der Waals surface area contributed by atoms with E-state index in [1.54, 1.807) is 44.4 Å². The summed E-state index contributed by atoms with van der Waals surface area (Å²) < 4.78 is 14.3. The van der Waals surface area contributed by atoms with Crippen LogP contribution in [-0.2, 0) is 5.67 Å². The van der Waals surface area contributed by atoms with E-state index in [0.717, 1.165) is 16.7 Å². The SMILES string of the molecule is CNC(=O)c1cc(-c2cc(-c3cc(NC(=O)c4ccnc(C(C)(C)F)c4)ccc3C)nc(C)n2)ccn1. The Bertz CT molecular complexity index is 1500. The first-order chi connectivity index (χ1) is 17.5. The van der Waals surface area contributed by atoms with Crippen molar-refractivity contribution in [2.75, 3.05) is 12.4 Å². The number of rotatable bonds is 6. The molecule has 2 amide bonds. The summed E-state index contributed by atoms with van der Waals surface area (Å²) in [5, 5.41) is 5.45. The monoisotopic (exact) mass is 498 g/mol. The van der Waals surface area contributed by atoms with E-state index >= 15 is 0 Å². The average Bonchev–Trinajstić information content (AvgIpc) is 2.88. The minimum atomic E-state index is -1.66. The van der Waals surface area contributed by atoms with Crippen LogP contribution in [0.15, 0.2) is 60.9 Å². The zero-order valence-electron chi connectivity index (χ0n) is 21.3. The van der Waals surface area contributed by atoms with Crippen LogP contribution in [-0.4, -0.2) is 38.8 Å². The van der Waals surface area contributed by atoms with Gasteiger partial charge in [0, 0.05) is 41.8 Å². The fourth-order valence-electron chi connectivity index (χ4n) is 3.77. The summed E-state index contributed by atoms with van der Waals surface area (Å²) in [7, 11) is 1.55. The molecule has 4 rings (SSSR count). The lowest BCUT2D eigenvalue weighted by molar-refractivity contribution is 0.0957. The van der Waals surface area contributed by atoms with Crippen molar-refractivity contribution >= 4 is 17.5 Å². The molecule has 9 heteroatoms. The van der Waals surface area contributed by atoms with Crippen molar-refractivity contribution in [1.29, 1.82) is 0 Å². The Morgan fingerprint density at radius 2 is 1.59 bits per heavy atom. The molecule has 0 fully saturated rings. The molecule has 0 radical (unpaired) electrons. The number of nitrogens with zero attached hydrogens (tertiary/aromatic N) is 4. The van der Waals surface area contributed by atoms with Gasteiger partial charge in [0.15, 0.2) is 0 Å². The van der Waals surface area contributed by atoms with Gasteiger partial charge in [-0.25, -0.2) is 14.4 Å². The fourth-order valence-corrected chi connectivity index (χ4v) is 3.77. The molecule has 0 aliphatic rings. The average molecular weight is 499 g/mol. The van der Waals surface area contributed by atoms with E-state index in [-0.39, 0.29) is 23.2 Å². The van der Waals surface area contributed by atoms with Crippen LogP contribution in [0.1, 0.15) is 51.8 Å². The molecule has 0 atom stereocenters. The van der Waals surface area contributed by atoms with Gasteiger partial charge in [0.25, 0.3) is 11.8 Å². The Labute approximate surface area is 214 Å². The lowest BCUT2D eigenvalue weighted by Crippen LogP contribution is -2.19. The van der Waals surface area contributed by atoms with Crippen molar-refractivity contribution < 1.29 is 14.0 Å². The second-order valence-electron chi connectivity index (χ2n) is 9.08. The maximum atomic E-state index is 14.3. The second-order valence-corrected chi connectivity index (χ2v) is 9.08. The van der Waals surface area contributed by atoms with Crippen LogP contribution in [0.3, 0.4) is 0 Å². The van der Waals surface area contributed by atoms with Crippen molar-refractivity contribution in [3.8, 4) is 22.5 Å². The van der Waals surface area contributed by atoms with Gasteiger partial charge >= 0.3 is 0 Å².